The molecule has 0 saturated heterocycles. The minimum atomic E-state index is -0.246. The number of ether oxygens (including phenoxy) is 1. The topological polar surface area (TPSA) is 35.2 Å². The molecule has 0 aliphatic rings. The lowest BCUT2D eigenvalue weighted by molar-refractivity contribution is 0.0508. The Hall–Kier alpha value is -0.930. The van der Waals surface area contributed by atoms with Crippen molar-refractivity contribution in [1.82, 2.24) is 0 Å². The molecule has 0 radical (unpaired) electrons. The van der Waals surface area contributed by atoms with E-state index in [0.717, 1.165) is 12.0 Å². The van der Waals surface area contributed by atoms with Crippen LogP contribution in [0.1, 0.15) is 31.4 Å². The number of benzene rings is 1. The van der Waals surface area contributed by atoms with Gasteiger partial charge in [0.15, 0.2) is 0 Å². The number of rotatable bonds is 5. The fraction of sp³-hybridized carbons (Fsp3) is 0.500. The van der Waals surface area contributed by atoms with Crippen molar-refractivity contribution in [1.29, 1.82) is 0 Å². The predicted molar refractivity (Wildman–Crippen MR) is 58.8 cm³/mol. The van der Waals surface area contributed by atoms with Gasteiger partial charge >= 0.3 is 0 Å². The molecule has 0 heterocycles. The fourth-order valence-electron chi connectivity index (χ4n) is 1.23. The molecule has 1 unspecified atom stereocenters. The molecule has 0 saturated carbocycles. The van der Waals surface area contributed by atoms with Crippen molar-refractivity contribution in [3.63, 3.8) is 0 Å². The highest BCUT2D eigenvalue weighted by molar-refractivity contribution is 5.24. The highest BCUT2D eigenvalue weighted by Crippen LogP contribution is 2.12. The molecule has 84 valence electrons. The summed E-state index contributed by atoms with van der Waals surface area (Å²) in [5.74, 6) is -0.246. The minimum Gasteiger partial charge on any atom is -0.374 e. The van der Waals surface area contributed by atoms with Gasteiger partial charge in [-0.2, -0.15) is 0 Å². The van der Waals surface area contributed by atoms with Crippen LogP contribution in [0, 0.1) is 5.82 Å². The zero-order valence-corrected chi connectivity index (χ0v) is 9.29. The van der Waals surface area contributed by atoms with E-state index in [-0.39, 0.29) is 18.5 Å². The highest BCUT2D eigenvalue weighted by atomic mass is 19.1. The van der Waals surface area contributed by atoms with Crippen molar-refractivity contribution in [2.24, 2.45) is 5.73 Å². The normalized spacial score (nSPS) is 12.8. The van der Waals surface area contributed by atoms with E-state index in [2.05, 4.69) is 6.92 Å². The van der Waals surface area contributed by atoms with Crippen LogP contribution in [0.4, 0.5) is 4.39 Å². The molecular formula is C12H18FNO. The van der Waals surface area contributed by atoms with E-state index >= 15 is 0 Å². The van der Waals surface area contributed by atoms with Crippen molar-refractivity contribution in [2.45, 2.75) is 39.5 Å². The van der Waals surface area contributed by atoms with Crippen LogP contribution in [0.2, 0.25) is 0 Å². The monoisotopic (exact) mass is 211 g/mol. The standard InChI is InChI=1S/C12H18FNO/c1-3-9(2)15-8-10-4-5-12(13)11(6-10)7-14/h4-6,9H,3,7-8,14H2,1-2H3. The molecule has 15 heavy (non-hydrogen) atoms. The third-order valence-corrected chi connectivity index (χ3v) is 2.44. The molecule has 1 rings (SSSR count). The van der Waals surface area contributed by atoms with Crippen LogP contribution in [-0.2, 0) is 17.9 Å². The van der Waals surface area contributed by atoms with Gasteiger partial charge in [-0.05, 0) is 31.0 Å². The molecule has 0 aliphatic carbocycles. The lowest BCUT2D eigenvalue weighted by Gasteiger charge is -2.11. The largest absolute Gasteiger partial charge is 0.374 e. The van der Waals surface area contributed by atoms with Crippen molar-refractivity contribution < 1.29 is 9.13 Å². The summed E-state index contributed by atoms with van der Waals surface area (Å²) in [6.07, 6.45) is 1.21. The second-order valence-electron chi connectivity index (χ2n) is 3.66. The van der Waals surface area contributed by atoms with Gasteiger partial charge in [-0.3, -0.25) is 0 Å². The number of nitrogens with two attached hydrogens (primary N) is 1. The number of halogens is 1. The summed E-state index contributed by atoms with van der Waals surface area (Å²) in [5, 5.41) is 0. The van der Waals surface area contributed by atoms with Crippen molar-refractivity contribution in [3.05, 3.63) is 35.1 Å². The zero-order chi connectivity index (χ0) is 11.3. The molecule has 0 amide bonds. The van der Waals surface area contributed by atoms with E-state index < -0.39 is 0 Å². The van der Waals surface area contributed by atoms with E-state index in [1.165, 1.54) is 6.07 Å². The molecule has 0 aliphatic heterocycles. The maximum Gasteiger partial charge on any atom is 0.127 e. The van der Waals surface area contributed by atoms with E-state index in [1.54, 1.807) is 12.1 Å². The van der Waals surface area contributed by atoms with Crippen molar-refractivity contribution in [2.75, 3.05) is 0 Å². The second kappa shape index (κ2) is 5.83. The summed E-state index contributed by atoms with van der Waals surface area (Å²) in [5.41, 5.74) is 6.93. The van der Waals surface area contributed by atoms with E-state index in [1.807, 2.05) is 6.92 Å². The highest BCUT2D eigenvalue weighted by Gasteiger charge is 2.03. The summed E-state index contributed by atoms with van der Waals surface area (Å²) in [4.78, 5) is 0. The van der Waals surface area contributed by atoms with Crippen LogP contribution >= 0.6 is 0 Å². The molecule has 1 aromatic rings. The van der Waals surface area contributed by atoms with Crippen LogP contribution in [0.5, 0.6) is 0 Å². The second-order valence-corrected chi connectivity index (χ2v) is 3.66. The van der Waals surface area contributed by atoms with Gasteiger partial charge < -0.3 is 10.5 Å². The molecule has 2 N–H and O–H groups in total. The number of hydrogen-bond donors (Lipinski definition) is 1. The van der Waals surface area contributed by atoms with E-state index in [4.69, 9.17) is 10.5 Å². The maximum atomic E-state index is 13.1. The average Bonchev–Trinajstić information content (AvgIpc) is 2.27. The third kappa shape index (κ3) is 3.61. The van der Waals surface area contributed by atoms with Gasteiger partial charge in [-0.25, -0.2) is 4.39 Å². The molecule has 0 aromatic heterocycles. The lowest BCUT2D eigenvalue weighted by atomic mass is 10.1. The Morgan fingerprint density at radius 1 is 1.47 bits per heavy atom. The Morgan fingerprint density at radius 2 is 2.20 bits per heavy atom. The van der Waals surface area contributed by atoms with Gasteiger partial charge in [0.25, 0.3) is 0 Å². The van der Waals surface area contributed by atoms with Crippen molar-refractivity contribution in [3.8, 4) is 0 Å². The van der Waals surface area contributed by atoms with Gasteiger partial charge in [-0.1, -0.05) is 13.0 Å². The molecule has 3 heteroatoms. The van der Waals surface area contributed by atoms with Crippen LogP contribution in [0.15, 0.2) is 18.2 Å². The molecule has 0 spiro atoms. The van der Waals surface area contributed by atoms with Gasteiger partial charge in [0.2, 0.25) is 0 Å². The Labute approximate surface area is 90.2 Å². The summed E-state index contributed by atoms with van der Waals surface area (Å²) < 4.78 is 18.7. The van der Waals surface area contributed by atoms with Crippen LogP contribution in [-0.4, -0.2) is 6.10 Å². The molecular weight excluding hydrogens is 193 g/mol. The first-order valence-corrected chi connectivity index (χ1v) is 5.26. The van der Waals surface area contributed by atoms with E-state index in [0.29, 0.717) is 12.2 Å². The van der Waals surface area contributed by atoms with Gasteiger partial charge in [0.1, 0.15) is 5.82 Å². The Kier molecular flexibility index (Phi) is 4.72. The summed E-state index contributed by atoms with van der Waals surface area (Å²) >= 11 is 0. The Morgan fingerprint density at radius 3 is 2.80 bits per heavy atom. The Balaban J connectivity index is 2.62. The smallest absolute Gasteiger partial charge is 0.127 e. The summed E-state index contributed by atoms with van der Waals surface area (Å²) in [6, 6.07) is 4.94. The average molecular weight is 211 g/mol. The van der Waals surface area contributed by atoms with Crippen LogP contribution < -0.4 is 5.73 Å². The summed E-state index contributed by atoms with van der Waals surface area (Å²) in [7, 11) is 0. The summed E-state index contributed by atoms with van der Waals surface area (Å²) in [6.45, 7) is 4.83. The fourth-order valence-corrected chi connectivity index (χ4v) is 1.23. The predicted octanol–water partition coefficient (Wildman–Crippen LogP) is 2.60. The SMILES string of the molecule is CCC(C)OCc1ccc(F)c(CN)c1. The molecule has 2 nitrogen and oxygen atoms in total. The van der Waals surface area contributed by atoms with Crippen LogP contribution in [0.25, 0.3) is 0 Å². The van der Waals surface area contributed by atoms with Gasteiger partial charge in [0.05, 0.1) is 12.7 Å². The molecule has 1 atom stereocenters. The molecule has 0 bridgehead atoms. The quantitative estimate of drug-likeness (QED) is 0.812. The first-order valence-electron chi connectivity index (χ1n) is 5.26. The molecule has 0 fully saturated rings. The Bertz CT molecular complexity index is 314. The first-order chi connectivity index (χ1) is 7.17. The lowest BCUT2D eigenvalue weighted by Crippen LogP contribution is -2.07. The molecule has 1 aromatic carbocycles. The van der Waals surface area contributed by atoms with Crippen molar-refractivity contribution >= 4 is 0 Å². The van der Waals surface area contributed by atoms with Crippen LogP contribution in [0.3, 0.4) is 0 Å². The number of hydrogen-bond acceptors (Lipinski definition) is 2. The zero-order valence-electron chi connectivity index (χ0n) is 9.29. The first kappa shape index (κ1) is 12.1. The maximum absolute atomic E-state index is 13.1. The minimum absolute atomic E-state index is 0.225. The van der Waals surface area contributed by atoms with E-state index in [9.17, 15) is 4.39 Å². The van der Waals surface area contributed by atoms with Gasteiger partial charge in [-0.15, -0.1) is 0 Å². The third-order valence-electron chi connectivity index (χ3n) is 2.44. The van der Waals surface area contributed by atoms with Gasteiger partial charge in [0, 0.05) is 12.1 Å².